The van der Waals surface area contributed by atoms with E-state index in [1.165, 1.54) is 0 Å². The molecule has 0 aliphatic heterocycles. The third kappa shape index (κ3) is 6.14. The zero-order valence-corrected chi connectivity index (χ0v) is 18.8. The summed E-state index contributed by atoms with van der Waals surface area (Å²) in [5, 5.41) is 3.84. The molecule has 7 heteroatoms. The number of rotatable bonds is 10. The summed E-state index contributed by atoms with van der Waals surface area (Å²) >= 11 is 12.1. The zero-order valence-electron chi connectivity index (χ0n) is 17.3. The van der Waals surface area contributed by atoms with Crippen LogP contribution in [0.1, 0.15) is 54.4 Å². The molecule has 0 atom stereocenters. The lowest BCUT2D eigenvalue weighted by atomic mass is 10.1. The maximum Gasteiger partial charge on any atom is 0.251 e. The highest BCUT2D eigenvalue weighted by Crippen LogP contribution is 2.32. The molecule has 0 aromatic heterocycles. The minimum atomic E-state index is -0.0241. The third-order valence-corrected chi connectivity index (χ3v) is 6.30. The second-order valence-electron chi connectivity index (χ2n) is 8.20. The first kappa shape index (κ1) is 22.0. The molecule has 0 bridgehead atoms. The van der Waals surface area contributed by atoms with E-state index in [9.17, 15) is 9.59 Å². The number of ether oxygens (including phenoxy) is 1. The summed E-state index contributed by atoms with van der Waals surface area (Å²) in [6.45, 7) is 0.962. The van der Waals surface area contributed by atoms with Crippen LogP contribution in [-0.4, -0.2) is 35.4 Å². The van der Waals surface area contributed by atoms with Gasteiger partial charge in [0.15, 0.2) is 0 Å². The Kier molecular flexibility index (Phi) is 7.03. The lowest BCUT2D eigenvalue weighted by molar-refractivity contribution is -0.132. The van der Waals surface area contributed by atoms with E-state index in [0.29, 0.717) is 59.4 Å². The van der Waals surface area contributed by atoms with Gasteiger partial charge < -0.3 is 15.0 Å². The number of nitrogens with one attached hydrogen (secondary N) is 1. The summed E-state index contributed by atoms with van der Waals surface area (Å²) in [7, 11) is 0. The standard InChI is InChI=1S/C24H26Cl2N2O3/c25-20-3-1-4-21(23(20)26)31-14-2-5-22(29)28(19-12-13-19)15-16-6-8-17(9-7-16)24(30)27-18-10-11-18/h1,3-4,6-9,18-19H,2,5,10-15H2,(H,27,30). The fourth-order valence-electron chi connectivity index (χ4n) is 3.41. The van der Waals surface area contributed by atoms with E-state index in [-0.39, 0.29) is 11.8 Å². The topological polar surface area (TPSA) is 58.6 Å². The molecule has 0 heterocycles. The van der Waals surface area contributed by atoms with Crippen molar-refractivity contribution in [1.29, 1.82) is 0 Å². The van der Waals surface area contributed by atoms with Gasteiger partial charge in [-0.25, -0.2) is 0 Å². The van der Waals surface area contributed by atoms with E-state index >= 15 is 0 Å². The van der Waals surface area contributed by atoms with Crippen molar-refractivity contribution in [2.24, 2.45) is 0 Å². The molecule has 0 radical (unpaired) electrons. The SMILES string of the molecule is O=C(NC1CC1)c1ccc(CN(C(=O)CCCOc2cccc(Cl)c2Cl)C2CC2)cc1. The van der Waals surface area contributed by atoms with Gasteiger partial charge in [0.2, 0.25) is 5.91 Å². The van der Waals surface area contributed by atoms with E-state index in [1.54, 1.807) is 18.2 Å². The molecule has 5 nitrogen and oxygen atoms in total. The zero-order chi connectivity index (χ0) is 21.8. The van der Waals surface area contributed by atoms with Crippen molar-refractivity contribution in [3.63, 3.8) is 0 Å². The molecule has 2 fully saturated rings. The molecular weight excluding hydrogens is 435 g/mol. The van der Waals surface area contributed by atoms with Gasteiger partial charge in [-0.1, -0.05) is 41.4 Å². The number of hydrogen-bond donors (Lipinski definition) is 1. The van der Waals surface area contributed by atoms with Gasteiger partial charge in [-0.05, 0) is 61.9 Å². The van der Waals surface area contributed by atoms with Crippen LogP contribution in [0.2, 0.25) is 10.0 Å². The Morgan fingerprint density at radius 3 is 2.45 bits per heavy atom. The van der Waals surface area contributed by atoms with Gasteiger partial charge in [-0.15, -0.1) is 0 Å². The number of nitrogens with zero attached hydrogens (tertiary/aromatic N) is 1. The van der Waals surface area contributed by atoms with Crippen LogP contribution in [0.3, 0.4) is 0 Å². The van der Waals surface area contributed by atoms with Crippen molar-refractivity contribution in [3.8, 4) is 5.75 Å². The summed E-state index contributed by atoms with van der Waals surface area (Å²) in [5.74, 6) is 0.634. The summed E-state index contributed by atoms with van der Waals surface area (Å²) in [4.78, 5) is 26.9. The molecule has 0 saturated heterocycles. The molecule has 0 unspecified atom stereocenters. The van der Waals surface area contributed by atoms with Gasteiger partial charge in [0.25, 0.3) is 5.91 Å². The van der Waals surface area contributed by atoms with Crippen molar-refractivity contribution in [1.82, 2.24) is 10.2 Å². The smallest absolute Gasteiger partial charge is 0.251 e. The Morgan fingerprint density at radius 1 is 1.03 bits per heavy atom. The molecule has 2 aromatic carbocycles. The quantitative estimate of drug-likeness (QED) is 0.493. The predicted octanol–water partition coefficient (Wildman–Crippen LogP) is 5.24. The first-order valence-corrected chi connectivity index (χ1v) is 11.5. The van der Waals surface area contributed by atoms with Gasteiger partial charge >= 0.3 is 0 Å². The van der Waals surface area contributed by atoms with Gasteiger partial charge in [-0.3, -0.25) is 9.59 Å². The molecule has 4 rings (SSSR count). The van der Waals surface area contributed by atoms with Crippen LogP contribution in [0.4, 0.5) is 0 Å². The average Bonchev–Trinajstić information content (AvgIpc) is 3.67. The van der Waals surface area contributed by atoms with Gasteiger partial charge in [-0.2, -0.15) is 0 Å². The minimum absolute atomic E-state index is 0.0241. The predicted molar refractivity (Wildman–Crippen MR) is 122 cm³/mol. The minimum Gasteiger partial charge on any atom is -0.492 e. The highest BCUT2D eigenvalue weighted by molar-refractivity contribution is 6.42. The van der Waals surface area contributed by atoms with Crippen LogP contribution in [0.5, 0.6) is 5.75 Å². The first-order valence-electron chi connectivity index (χ1n) is 10.8. The first-order chi connectivity index (χ1) is 15.0. The highest BCUT2D eigenvalue weighted by Gasteiger charge is 2.32. The van der Waals surface area contributed by atoms with Crippen LogP contribution < -0.4 is 10.1 Å². The second kappa shape index (κ2) is 9.92. The third-order valence-electron chi connectivity index (χ3n) is 5.50. The summed E-state index contributed by atoms with van der Waals surface area (Å²) in [6, 6.07) is 13.5. The molecule has 2 aliphatic rings. The fraction of sp³-hybridized carbons (Fsp3) is 0.417. The molecule has 1 N–H and O–H groups in total. The number of carbonyl (C=O) groups excluding carboxylic acids is 2. The van der Waals surface area contributed by atoms with Crippen molar-refractivity contribution in [2.45, 2.75) is 57.2 Å². The molecule has 2 amide bonds. The van der Waals surface area contributed by atoms with E-state index in [1.807, 2.05) is 29.2 Å². The normalized spacial score (nSPS) is 15.4. The Balaban J connectivity index is 1.26. The Labute approximate surface area is 192 Å². The van der Waals surface area contributed by atoms with E-state index in [4.69, 9.17) is 27.9 Å². The van der Waals surface area contributed by atoms with Crippen LogP contribution in [-0.2, 0) is 11.3 Å². The van der Waals surface area contributed by atoms with E-state index < -0.39 is 0 Å². The van der Waals surface area contributed by atoms with E-state index in [0.717, 1.165) is 31.2 Å². The monoisotopic (exact) mass is 460 g/mol. The number of hydrogen-bond acceptors (Lipinski definition) is 3. The van der Waals surface area contributed by atoms with Crippen molar-refractivity contribution in [2.75, 3.05) is 6.61 Å². The molecule has 2 aliphatic carbocycles. The van der Waals surface area contributed by atoms with Crippen molar-refractivity contribution >= 4 is 35.0 Å². The molecule has 0 spiro atoms. The molecule has 164 valence electrons. The molecule has 2 aromatic rings. The van der Waals surface area contributed by atoms with Gasteiger partial charge in [0, 0.05) is 30.6 Å². The Morgan fingerprint density at radius 2 is 1.77 bits per heavy atom. The van der Waals surface area contributed by atoms with Crippen LogP contribution in [0.25, 0.3) is 0 Å². The molecular formula is C24H26Cl2N2O3. The molecule has 31 heavy (non-hydrogen) atoms. The van der Waals surface area contributed by atoms with Crippen molar-refractivity contribution < 1.29 is 14.3 Å². The maximum atomic E-state index is 12.8. The van der Waals surface area contributed by atoms with E-state index in [2.05, 4.69) is 5.32 Å². The average molecular weight is 461 g/mol. The number of benzene rings is 2. The van der Waals surface area contributed by atoms with Gasteiger partial charge in [0.05, 0.1) is 11.6 Å². The largest absolute Gasteiger partial charge is 0.492 e. The number of halogens is 2. The summed E-state index contributed by atoms with van der Waals surface area (Å²) < 4.78 is 5.68. The summed E-state index contributed by atoms with van der Waals surface area (Å²) in [6.07, 6.45) is 5.24. The van der Waals surface area contributed by atoms with Crippen LogP contribution in [0, 0.1) is 0 Å². The van der Waals surface area contributed by atoms with Crippen LogP contribution in [0.15, 0.2) is 42.5 Å². The lowest BCUT2D eigenvalue weighted by Crippen LogP contribution is -2.32. The number of amides is 2. The number of carbonyl (C=O) groups is 2. The fourth-order valence-corrected chi connectivity index (χ4v) is 3.75. The Hall–Kier alpha value is -2.24. The summed E-state index contributed by atoms with van der Waals surface area (Å²) in [5.41, 5.74) is 1.70. The lowest BCUT2D eigenvalue weighted by Gasteiger charge is -2.23. The maximum absolute atomic E-state index is 12.8. The van der Waals surface area contributed by atoms with Crippen molar-refractivity contribution in [3.05, 3.63) is 63.6 Å². The van der Waals surface area contributed by atoms with Gasteiger partial charge in [0.1, 0.15) is 10.8 Å². The van der Waals surface area contributed by atoms with Crippen LogP contribution >= 0.6 is 23.2 Å². The second-order valence-corrected chi connectivity index (χ2v) is 8.99. The highest BCUT2D eigenvalue weighted by atomic mass is 35.5. The molecule has 2 saturated carbocycles. The Bertz CT molecular complexity index is 940.